The summed E-state index contributed by atoms with van der Waals surface area (Å²) in [7, 11) is 1.24. The Morgan fingerprint density at radius 2 is 2.14 bits per heavy atom. The van der Waals surface area contributed by atoms with E-state index >= 15 is 0 Å². The molecule has 2 aromatic heterocycles. The van der Waals surface area contributed by atoms with Crippen molar-refractivity contribution < 1.29 is 38.5 Å². The van der Waals surface area contributed by atoms with E-state index in [-0.39, 0.29) is 28.8 Å². The number of anilines is 2. The smallest absolute Gasteiger partial charge is 0.352 e. The van der Waals surface area contributed by atoms with Crippen LogP contribution in [0.15, 0.2) is 46.3 Å². The van der Waals surface area contributed by atoms with Crippen LogP contribution in [0.4, 0.5) is 10.8 Å². The van der Waals surface area contributed by atoms with Gasteiger partial charge >= 0.3 is 5.97 Å². The van der Waals surface area contributed by atoms with Crippen LogP contribution in [-0.4, -0.2) is 75.6 Å². The number of thioether (sulfide) groups is 1. The van der Waals surface area contributed by atoms with E-state index in [1.807, 2.05) is 0 Å². The Morgan fingerprint density at radius 1 is 1.35 bits per heavy atom. The van der Waals surface area contributed by atoms with Crippen molar-refractivity contribution in [2.45, 2.75) is 18.0 Å². The first-order chi connectivity index (χ1) is 17.9. The molecular weight excluding hydrogens is 526 g/mol. The first kappa shape index (κ1) is 25.8. The molecule has 16 heteroatoms. The second kappa shape index (κ2) is 11.2. The summed E-state index contributed by atoms with van der Waals surface area (Å²) in [4.78, 5) is 69.4. The number of hydrogen-bond acceptors (Lipinski definition) is 10. The number of nitrogens with zero attached hydrogens (tertiary/aromatic N) is 4. The normalized spacial score (nSPS) is 18.9. The van der Waals surface area contributed by atoms with Gasteiger partial charge < -0.3 is 25.9 Å². The molecule has 0 aromatic carbocycles. The number of carbonyl (C=O) groups excluding carboxylic acids is 4. The highest BCUT2D eigenvalue weighted by molar-refractivity contribution is 8.00. The zero-order chi connectivity index (χ0) is 26.5. The number of carboxylic acid groups (broad SMARTS) is 1. The van der Waals surface area contributed by atoms with Crippen LogP contribution in [0, 0.1) is 0 Å². The highest BCUT2D eigenvalue weighted by Crippen LogP contribution is 2.40. The van der Waals surface area contributed by atoms with Gasteiger partial charge in [0.05, 0.1) is 0 Å². The van der Waals surface area contributed by atoms with Gasteiger partial charge in [0.1, 0.15) is 35.6 Å². The minimum Gasteiger partial charge on any atom is -0.477 e. The van der Waals surface area contributed by atoms with Crippen LogP contribution >= 0.6 is 23.1 Å². The van der Waals surface area contributed by atoms with Gasteiger partial charge in [-0.05, 0) is 6.07 Å². The van der Waals surface area contributed by atoms with E-state index in [1.54, 1.807) is 29.1 Å². The molecule has 0 spiro atoms. The van der Waals surface area contributed by atoms with Crippen LogP contribution in [0.3, 0.4) is 0 Å². The van der Waals surface area contributed by atoms with Crippen LogP contribution in [0.5, 0.6) is 0 Å². The number of amides is 4. The largest absolute Gasteiger partial charge is 0.477 e. The molecule has 2 aliphatic heterocycles. The number of aliphatic carboxylic acids is 1. The average Bonchev–Trinajstić information content (AvgIpc) is 3.34. The Balaban J connectivity index is 1.52. The maximum absolute atomic E-state index is 13.0. The SMILES string of the molecule is CO/N=C(/C(=O)NC1C(=O)N2C(C(=O)O)=C(C[n+]3cccc(NC=O)c3)CS[C@H]12)c1csc(NC=O)n1. The van der Waals surface area contributed by atoms with Crippen LogP contribution in [0.1, 0.15) is 5.69 Å². The number of oxime groups is 1. The Hall–Kier alpha value is -4.31. The van der Waals surface area contributed by atoms with Gasteiger partial charge in [-0.15, -0.1) is 23.1 Å². The molecule has 14 nitrogen and oxygen atoms in total. The average molecular weight is 547 g/mol. The molecule has 2 aromatic rings. The second-order valence-electron chi connectivity index (χ2n) is 7.57. The van der Waals surface area contributed by atoms with Crippen LogP contribution in [0.2, 0.25) is 0 Å². The first-order valence-electron chi connectivity index (χ1n) is 10.5. The molecule has 0 saturated carbocycles. The molecule has 0 aliphatic carbocycles. The van der Waals surface area contributed by atoms with Gasteiger partial charge in [-0.3, -0.25) is 24.1 Å². The molecule has 1 unspecified atom stereocenters. The van der Waals surface area contributed by atoms with Gasteiger partial charge in [-0.1, -0.05) is 5.16 Å². The van der Waals surface area contributed by atoms with Crippen molar-refractivity contribution in [1.82, 2.24) is 15.2 Å². The van der Waals surface area contributed by atoms with Crippen molar-refractivity contribution in [2.24, 2.45) is 5.16 Å². The van der Waals surface area contributed by atoms with Crippen LogP contribution in [0.25, 0.3) is 0 Å². The maximum atomic E-state index is 13.0. The highest BCUT2D eigenvalue weighted by Gasteiger charge is 2.54. The van der Waals surface area contributed by atoms with Crippen molar-refractivity contribution in [3.05, 3.63) is 46.9 Å². The summed E-state index contributed by atoms with van der Waals surface area (Å²) in [6.45, 7) is 0.183. The molecule has 2 aliphatic rings. The van der Waals surface area contributed by atoms with E-state index in [9.17, 15) is 29.1 Å². The molecule has 37 heavy (non-hydrogen) atoms. The molecule has 4 rings (SSSR count). The summed E-state index contributed by atoms with van der Waals surface area (Å²) >= 11 is 2.38. The number of pyridine rings is 1. The minimum atomic E-state index is -1.26. The lowest BCUT2D eigenvalue weighted by molar-refractivity contribution is -0.688. The lowest BCUT2D eigenvalue weighted by Crippen LogP contribution is -2.71. The molecule has 0 bridgehead atoms. The quantitative estimate of drug-likeness (QED) is 0.0936. The fraction of sp³-hybridized carbons (Fsp3) is 0.238. The summed E-state index contributed by atoms with van der Waals surface area (Å²) < 4.78 is 1.70. The molecule has 192 valence electrons. The van der Waals surface area contributed by atoms with Gasteiger partial charge in [-0.25, -0.2) is 9.78 Å². The number of aromatic nitrogens is 2. The third-order valence-corrected chi connectivity index (χ3v) is 7.43. The van der Waals surface area contributed by atoms with Gasteiger partial charge in [0, 0.05) is 22.8 Å². The van der Waals surface area contributed by atoms with Crippen molar-refractivity contribution >= 4 is 70.2 Å². The summed E-state index contributed by atoms with van der Waals surface area (Å²) in [5.41, 5.74) is 0.807. The highest BCUT2D eigenvalue weighted by atomic mass is 32.2. The summed E-state index contributed by atoms with van der Waals surface area (Å²) in [5.74, 6) is -2.29. The minimum absolute atomic E-state index is 0.130. The van der Waals surface area contributed by atoms with Crippen molar-refractivity contribution in [3.8, 4) is 0 Å². The van der Waals surface area contributed by atoms with E-state index < -0.39 is 29.2 Å². The maximum Gasteiger partial charge on any atom is 0.352 e. The summed E-state index contributed by atoms with van der Waals surface area (Å²) in [6, 6.07) is 2.39. The molecule has 4 heterocycles. The third kappa shape index (κ3) is 5.29. The fourth-order valence-electron chi connectivity index (χ4n) is 3.80. The Labute approximate surface area is 217 Å². The van der Waals surface area contributed by atoms with Crippen molar-refractivity contribution in [2.75, 3.05) is 23.5 Å². The van der Waals surface area contributed by atoms with Crippen LogP contribution < -0.4 is 20.5 Å². The topological polar surface area (TPSA) is 183 Å². The lowest BCUT2D eigenvalue weighted by atomic mass is 10.0. The number of thiazole rings is 1. The van der Waals surface area contributed by atoms with E-state index in [4.69, 9.17) is 4.84 Å². The number of carbonyl (C=O) groups is 5. The van der Waals surface area contributed by atoms with Crippen molar-refractivity contribution in [3.63, 3.8) is 0 Å². The van der Waals surface area contributed by atoms with Gasteiger partial charge in [-0.2, -0.15) is 4.57 Å². The van der Waals surface area contributed by atoms with E-state index in [0.717, 1.165) is 16.2 Å². The molecule has 2 atom stereocenters. The molecule has 4 amide bonds. The van der Waals surface area contributed by atoms with Gasteiger partial charge in [0.25, 0.3) is 11.8 Å². The second-order valence-corrected chi connectivity index (χ2v) is 9.53. The number of fused-ring (bicyclic) bond motifs is 1. The number of nitrogens with one attached hydrogen (secondary N) is 3. The standard InChI is InChI=1S/C21H19N7O7S2/c1-35-26-14(13-8-37-21(24-13)23-10-30)17(31)25-15-18(32)28-16(20(33)34)11(7-36-19(15)28)5-27-4-2-3-12(6-27)22-9-29/h2-4,6,8-10,15,19H,5,7H2,1H3,(H3-,22,23,24,25,29,30,31,33,34)/p+1/b26-14+/t15?,19-/m1/s1. The lowest BCUT2D eigenvalue weighted by Gasteiger charge is -2.49. The predicted octanol–water partition coefficient (Wildman–Crippen LogP) is -0.643. The molecule has 4 N–H and O–H groups in total. The number of rotatable bonds is 11. The van der Waals surface area contributed by atoms with Crippen LogP contribution in [-0.2, 0) is 35.4 Å². The van der Waals surface area contributed by atoms with Gasteiger partial charge in [0.2, 0.25) is 12.8 Å². The zero-order valence-corrected chi connectivity index (χ0v) is 20.7. The first-order valence-corrected chi connectivity index (χ1v) is 12.5. The summed E-state index contributed by atoms with van der Waals surface area (Å²) in [5, 5.41) is 22.2. The molecule has 0 radical (unpaired) electrons. The van der Waals surface area contributed by atoms with Gasteiger partial charge in [0.15, 0.2) is 29.8 Å². The Kier molecular flexibility index (Phi) is 7.78. The van der Waals surface area contributed by atoms with E-state index in [0.29, 0.717) is 29.8 Å². The zero-order valence-electron chi connectivity index (χ0n) is 19.1. The third-order valence-electron chi connectivity index (χ3n) is 5.32. The summed E-state index contributed by atoms with van der Waals surface area (Å²) in [6.07, 6.45) is 4.33. The van der Waals surface area contributed by atoms with E-state index in [2.05, 4.69) is 26.1 Å². The predicted molar refractivity (Wildman–Crippen MR) is 131 cm³/mol. The fourth-order valence-corrected chi connectivity index (χ4v) is 5.79. The number of β-lactam (4-membered cyclic amide) rings is 1. The molecular formula is C21H20N7O7S2+. The Bertz CT molecular complexity index is 1330. The van der Waals surface area contributed by atoms with Crippen molar-refractivity contribution in [1.29, 1.82) is 0 Å². The number of hydrogen-bond donors (Lipinski definition) is 4. The molecule has 1 saturated heterocycles. The van der Waals surface area contributed by atoms with E-state index in [1.165, 1.54) is 24.3 Å². The monoisotopic (exact) mass is 546 g/mol. The molecule has 1 fully saturated rings. The number of carboxylic acids is 1. The Morgan fingerprint density at radius 3 is 2.84 bits per heavy atom.